The molecule has 0 aromatic carbocycles. The van der Waals surface area contributed by atoms with Crippen molar-refractivity contribution >= 4 is 39.1 Å². The summed E-state index contributed by atoms with van der Waals surface area (Å²) in [5.74, 6) is 0.797. The second-order valence-electron chi connectivity index (χ2n) is 5.80. The van der Waals surface area contributed by atoms with Crippen molar-refractivity contribution in [3.05, 3.63) is 15.6 Å². The van der Waals surface area contributed by atoms with Gasteiger partial charge in [0, 0.05) is 31.1 Å². The number of anilines is 1. The second kappa shape index (κ2) is 5.71. The zero-order chi connectivity index (χ0) is 14.2. The van der Waals surface area contributed by atoms with E-state index in [1.165, 1.54) is 36.1 Å². The van der Waals surface area contributed by atoms with Crippen LogP contribution in [-0.2, 0) is 12.8 Å². The van der Waals surface area contributed by atoms with Crippen LogP contribution in [0.3, 0.4) is 0 Å². The van der Waals surface area contributed by atoms with Crippen LogP contribution < -0.4 is 10.2 Å². The molecule has 1 N–H and O–H groups in total. The number of nitrogens with one attached hydrogen (secondary N) is 1. The van der Waals surface area contributed by atoms with E-state index in [4.69, 9.17) is 16.6 Å². The summed E-state index contributed by atoms with van der Waals surface area (Å²) >= 11 is 8.35. The van der Waals surface area contributed by atoms with Gasteiger partial charge in [-0.25, -0.2) is 9.97 Å². The molecular formula is C15H19ClN4S. The maximum Gasteiger partial charge on any atom is 0.228 e. The van der Waals surface area contributed by atoms with E-state index in [9.17, 15) is 0 Å². The third kappa shape index (κ3) is 2.51. The number of aryl methyl sites for hydroxylation is 2. The van der Waals surface area contributed by atoms with Crippen molar-refractivity contribution < 1.29 is 0 Å². The van der Waals surface area contributed by atoms with Crippen molar-refractivity contribution in [1.29, 1.82) is 0 Å². The molecule has 0 amide bonds. The van der Waals surface area contributed by atoms with Gasteiger partial charge in [-0.3, -0.25) is 0 Å². The van der Waals surface area contributed by atoms with E-state index >= 15 is 0 Å². The minimum absolute atomic E-state index is 0.646. The molecule has 0 unspecified atom stereocenters. The Morgan fingerprint density at radius 1 is 1.05 bits per heavy atom. The number of halogens is 1. The highest BCUT2D eigenvalue weighted by molar-refractivity contribution is 7.19. The number of aromatic nitrogens is 2. The molecule has 0 bridgehead atoms. The van der Waals surface area contributed by atoms with E-state index in [0.29, 0.717) is 5.15 Å². The Bertz CT molecular complexity index is 663. The summed E-state index contributed by atoms with van der Waals surface area (Å²) in [5, 5.41) is 5.12. The third-order valence-corrected chi connectivity index (χ3v) is 5.87. The van der Waals surface area contributed by atoms with Crippen LogP contribution in [-0.4, -0.2) is 36.1 Å². The van der Waals surface area contributed by atoms with Gasteiger partial charge in [-0.1, -0.05) is 18.0 Å². The quantitative estimate of drug-likeness (QED) is 0.647. The van der Waals surface area contributed by atoms with Crippen molar-refractivity contribution in [3.8, 4) is 0 Å². The molecule has 6 heteroatoms. The Labute approximate surface area is 133 Å². The minimum Gasteiger partial charge on any atom is -0.338 e. The topological polar surface area (TPSA) is 41.1 Å². The van der Waals surface area contributed by atoms with Gasteiger partial charge in [0.25, 0.3) is 0 Å². The lowest BCUT2D eigenvalue weighted by Gasteiger charge is -2.27. The van der Waals surface area contributed by atoms with Gasteiger partial charge in [0.05, 0.1) is 5.39 Å². The molecule has 1 fully saturated rings. The van der Waals surface area contributed by atoms with Crippen LogP contribution in [0.1, 0.15) is 29.7 Å². The van der Waals surface area contributed by atoms with Gasteiger partial charge in [0.1, 0.15) is 9.98 Å². The molecule has 0 spiro atoms. The molecule has 0 radical (unpaired) electrons. The average Bonchev–Trinajstić information content (AvgIpc) is 2.71. The summed E-state index contributed by atoms with van der Waals surface area (Å²) < 4.78 is 0. The van der Waals surface area contributed by atoms with Crippen LogP contribution >= 0.6 is 22.9 Å². The van der Waals surface area contributed by atoms with Crippen molar-refractivity contribution in [1.82, 2.24) is 15.3 Å². The lowest BCUT2D eigenvalue weighted by atomic mass is 10.1. The fourth-order valence-corrected chi connectivity index (χ4v) is 4.88. The monoisotopic (exact) mass is 322 g/mol. The SMILES string of the molecule is Clc1nc(N2CCNCC2)nc2sc3c(c12)CCCCC3. The lowest BCUT2D eigenvalue weighted by molar-refractivity contribution is 0.580. The third-order valence-electron chi connectivity index (χ3n) is 4.41. The van der Waals surface area contributed by atoms with E-state index in [1.54, 1.807) is 0 Å². The smallest absolute Gasteiger partial charge is 0.228 e. The summed E-state index contributed by atoms with van der Waals surface area (Å²) in [4.78, 5) is 14.2. The van der Waals surface area contributed by atoms with Crippen LogP contribution in [0.5, 0.6) is 0 Å². The first-order valence-corrected chi connectivity index (χ1v) is 8.96. The van der Waals surface area contributed by atoms with Crippen molar-refractivity contribution in [2.24, 2.45) is 0 Å². The molecule has 2 aromatic heterocycles. The zero-order valence-electron chi connectivity index (χ0n) is 12.0. The Kier molecular flexibility index (Phi) is 3.73. The highest BCUT2D eigenvalue weighted by Gasteiger charge is 2.21. The van der Waals surface area contributed by atoms with Gasteiger partial charge in [-0.05, 0) is 31.2 Å². The van der Waals surface area contributed by atoms with E-state index in [0.717, 1.165) is 48.8 Å². The predicted octanol–water partition coefficient (Wildman–Crippen LogP) is 3.02. The van der Waals surface area contributed by atoms with Crippen LogP contribution in [0.25, 0.3) is 10.2 Å². The summed E-state index contributed by atoms with van der Waals surface area (Å²) in [7, 11) is 0. The van der Waals surface area contributed by atoms with Crippen LogP contribution in [0, 0.1) is 0 Å². The summed E-state index contributed by atoms with van der Waals surface area (Å²) in [5.41, 5.74) is 1.42. The van der Waals surface area contributed by atoms with E-state index in [2.05, 4.69) is 15.2 Å². The van der Waals surface area contributed by atoms with Crippen LogP contribution in [0.4, 0.5) is 5.95 Å². The van der Waals surface area contributed by atoms with Crippen molar-refractivity contribution in [3.63, 3.8) is 0 Å². The Hall–Kier alpha value is -0.910. The van der Waals surface area contributed by atoms with Gasteiger partial charge in [-0.2, -0.15) is 0 Å². The van der Waals surface area contributed by atoms with E-state index < -0.39 is 0 Å². The molecule has 0 saturated carbocycles. The van der Waals surface area contributed by atoms with Crippen LogP contribution in [0.15, 0.2) is 0 Å². The number of fused-ring (bicyclic) bond motifs is 3. The van der Waals surface area contributed by atoms with Gasteiger partial charge in [0.2, 0.25) is 5.95 Å². The molecule has 1 saturated heterocycles. The Morgan fingerprint density at radius 3 is 2.71 bits per heavy atom. The summed E-state index contributed by atoms with van der Waals surface area (Å²) in [6.45, 7) is 3.87. The van der Waals surface area contributed by atoms with Gasteiger partial charge < -0.3 is 10.2 Å². The molecule has 112 valence electrons. The molecule has 1 aliphatic heterocycles. The number of hydrogen-bond acceptors (Lipinski definition) is 5. The minimum atomic E-state index is 0.646. The maximum absolute atomic E-state index is 6.53. The zero-order valence-corrected chi connectivity index (χ0v) is 13.6. The van der Waals surface area contributed by atoms with Crippen LogP contribution in [0.2, 0.25) is 5.15 Å². The van der Waals surface area contributed by atoms with Crippen molar-refractivity contribution in [2.75, 3.05) is 31.1 Å². The molecule has 2 aromatic rings. The number of thiophene rings is 1. The van der Waals surface area contributed by atoms with Gasteiger partial charge in [0.15, 0.2) is 0 Å². The van der Waals surface area contributed by atoms with E-state index in [-0.39, 0.29) is 0 Å². The number of nitrogens with zero attached hydrogens (tertiary/aromatic N) is 3. The highest BCUT2D eigenvalue weighted by Crippen LogP contribution is 2.38. The summed E-state index contributed by atoms with van der Waals surface area (Å²) in [6, 6.07) is 0. The summed E-state index contributed by atoms with van der Waals surface area (Å²) in [6.07, 6.45) is 6.17. The Morgan fingerprint density at radius 2 is 1.86 bits per heavy atom. The predicted molar refractivity (Wildman–Crippen MR) is 88.8 cm³/mol. The van der Waals surface area contributed by atoms with Crippen molar-refractivity contribution in [2.45, 2.75) is 32.1 Å². The first-order valence-electron chi connectivity index (χ1n) is 7.76. The first kappa shape index (κ1) is 13.7. The van der Waals surface area contributed by atoms with E-state index in [1.807, 2.05) is 11.3 Å². The molecule has 21 heavy (non-hydrogen) atoms. The molecule has 2 aliphatic rings. The van der Waals surface area contributed by atoms with Gasteiger partial charge >= 0.3 is 0 Å². The molecule has 0 atom stereocenters. The fourth-order valence-electron chi connectivity index (χ4n) is 3.29. The van der Waals surface area contributed by atoms with Gasteiger partial charge in [-0.15, -0.1) is 11.3 Å². The highest BCUT2D eigenvalue weighted by atomic mass is 35.5. The fraction of sp³-hybridized carbons (Fsp3) is 0.600. The number of piperazine rings is 1. The molecule has 4 nitrogen and oxygen atoms in total. The number of hydrogen-bond donors (Lipinski definition) is 1. The molecule has 4 rings (SSSR count). The maximum atomic E-state index is 6.53. The molecule has 3 heterocycles. The first-order chi connectivity index (χ1) is 10.3. The molecular weight excluding hydrogens is 304 g/mol. The normalized spacial score (nSPS) is 19.6. The standard InChI is InChI=1S/C15H19ClN4S/c16-13-12-10-4-2-1-3-5-11(10)21-14(12)19-15(18-13)20-8-6-17-7-9-20/h17H,1-9H2. The average molecular weight is 323 g/mol. The number of rotatable bonds is 1. The second-order valence-corrected chi connectivity index (χ2v) is 7.24. The Balaban J connectivity index is 1.79. The largest absolute Gasteiger partial charge is 0.338 e. The molecule has 1 aliphatic carbocycles. The lowest BCUT2D eigenvalue weighted by Crippen LogP contribution is -2.44.